The van der Waals surface area contributed by atoms with Gasteiger partial charge < -0.3 is 10.7 Å². The van der Waals surface area contributed by atoms with Crippen LogP contribution in [0.15, 0.2) is 4.79 Å². The van der Waals surface area contributed by atoms with E-state index in [9.17, 15) is 13.6 Å². The average molecular weight is 269 g/mol. The predicted molar refractivity (Wildman–Crippen MR) is 65.1 cm³/mol. The zero-order chi connectivity index (χ0) is 13.6. The summed E-state index contributed by atoms with van der Waals surface area (Å²) in [7, 11) is 0. The molecule has 1 aliphatic carbocycles. The zero-order valence-corrected chi connectivity index (χ0v) is 10.0. The highest BCUT2D eigenvalue weighted by molar-refractivity contribution is 5.70. The first-order valence-corrected chi connectivity index (χ1v) is 6.08. The SMILES string of the molecule is Nc1nc2nc(C3CCC(F)(F)CC3)[nH]c2c(=O)[nH]1. The molecule has 19 heavy (non-hydrogen) atoms. The van der Waals surface area contributed by atoms with E-state index in [0.717, 1.165) is 0 Å². The molecular weight excluding hydrogens is 256 g/mol. The van der Waals surface area contributed by atoms with Crippen LogP contribution in [-0.4, -0.2) is 25.9 Å². The Bertz CT molecular complexity index is 667. The summed E-state index contributed by atoms with van der Waals surface area (Å²) in [5, 5.41) is 0. The molecule has 2 aromatic rings. The van der Waals surface area contributed by atoms with Crippen molar-refractivity contribution in [2.75, 3.05) is 5.73 Å². The van der Waals surface area contributed by atoms with Crippen LogP contribution in [0.4, 0.5) is 14.7 Å². The Labute approximate surface area is 106 Å². The highest BCUT2D eigenvalue weighted by Gasteiger charge is 2.36. The molecular formula is C11H13F2N5O. The summed E-state index contributed by atoms with van der Waals surface area (Å²) in [5.41, 5.74) is 5.50. The number of aromatic nitrogens is 4. The quantitative estimate of drug-likeness (QED) is 0.730. The van der Waals surface area contributed by atoms with E-state index in [4.69, 9.17) is 5.73 Å². The molecule has 4 N–H and O–H groups in total. The molecule has 6 nitrogen and oxygen atoms in total. The number of nitrogen functional groups attached to an aromatic ring is 1. The molecule has 2 heterocycles. The van der Waals surface area contributed by atoms with E-state index in [1.165, 1.54) is 0 Å². The van der Waals surface area contributed by atoms with Crippen molar-refractivity contribution in [3.05, 3.63) is 16.2 Å². The Kier molecular flexibility index (Phi) is 2.54. The number of aromatic amines is 2. The fourth-order valence-corrected chi connectivity index (χ4v) is 2.45. The lowest BCUT2D eigenvalue weighted by Gasteiger charge is -2.26. The summed E-state index contributed by atoms with van der Waals surface area (Å²) in [6, 6.07) is 0. The molecule has 0 unspecified atom stereocenters. The van der Waals surface area contributed by atoms with Gasteiger partial charge >= 0.3 is 0 Å². The normalized spacial score (nSPS) is 19.9. The molecule has 8 heteroatoms. The van der Waals surface area contributed by atoms with Crippen molar-refractivity contribution in [2.24, 2.45) is 0 Å². The number of nitrogens with one attached hydrogen (secondary N) is 2. The topological polar surface area (TPSA) is 100 Å². The lowest BCUT2D eigenvalue weighted by atomic mass is 9.86. The van der Waals surface area contributed by atoms with Crippen molar-refractivity contribution in [2.45, 2.75) is 37.5 Å². The van der Waals surface area contributed by atoms with E-state index < -0.39 is 11.5 Å². The van der Waals surface area contributed by atoms with Crippen LogP contribution in [0.25, 0.3) is 11.2 Å². The first-order valence-electron chi connectivity index (χ1n) is 6.08. The van der Waals surface area contributed by atoms with Gasteiger partial charge in [0.1, 0.15) is 5.82 Å². The molecule has 0 aliphatic heterocycles. The lowest BCUT2D eigenvalue weighted by Crippen LogP contribution is -2.24. The van der Waals surface area contributed by atoms with Crippen LogP contribution in [0.5, 0.6) is 0 Å². The van der Waals surface area contributed by atoms with Gasteiger partial charge in [-0.15, -0.1) is 0 Å². The maximum atomic E-state index is 13.1. The van der Waals surface area contributed by atoms with Crippen LogP contribution in [0.1, 0.15) is 37.4 Å². The van der Waals surface area contributed by atoms with Crippen LogP contribution in [0.3, 0.4) is 0 Å². The molecule has 102 valence electrons. The summed E-state index contributed by atoms with van der Waals surface area (Å²) in [4.78, 5) is 25.0. The number of rotatable bonds is 1. The Morgan fingerprint density at radius 2 is 1.89 bits per heavy atom. The molecule has 0 atom stereocenters. The number of nitrogens with zero attached hydrogens (tertiary/aromatic N) is 2. The fourth-order valence-electron chi connectivity index (χ4n) is 2.45. The van der Waals surface area contributed by atoms with E-state index in [0.29, 0.717) is 18.7 Å². The Hall–Kier alpha value is -1.99. The van der Waals surface area contributed by atoms with Gasteiger partial charge in [-0.3, -0.25) is 9.78 Å². The molecule has 1 aliphatic rings. The fraction of sp³-hybridized carbons (Fsp3) is 0.545. The summed E-state index contributed by atoms with van der Waals surface area (Å²) in [6.07, 6.45) is 0.391. The maximum Gasteiger partial charge on any atom is 0.278 e. The van der Waals surface area contributed by atoms with E-state index in [1.807, 2.05) is 0 Å². The highest BCUT2D eigenvalue weighted by Crippen LogP contribution is 2.40. The summed E-state index contributed by atoms with van der Waals surface area (Å²) < 4.78 is 26.2. The van der Waals surface area contributed by atoms with Crippen LogP contribution in [0, 0.1) is 0 Å². The number of imidazole rings is 1. The van der Waals surface area contributed by atoms with Gasteiger partial charge in [-0.1, -0.05) is 0 Å². The first kappa shape index (κ1) is 12.1. The molecule has 3 rings (SSSR count). The molecule has 0 radical (unpaired) electrons. The number of alkyl halides is 2. The molecule has 2 aromatic heterocycles. The molecule has 1 saturated carbocycles. The molecule has 0 amide bonds. The van der Waals surface area contributed by atoms with Gasteiger partial charge in [-0.25, -0.2) is 13.8 Å². The number of hydrogen-bond acceptors (Lipinski definition) is 4. The highest BCUT2D eigenvalue weighted by atomic mass is 19.3. The number of H-pyrrole nitrogens is 2. The third kappa shape index (κ3) is 2.18. The van der Waals surface area contributed by atoms with Crippen LogP contribution in [-0.2, 0) is 0 Å². The maximum absolute atomic E-state index is 13.1. The molecule has 1 fully saturated rings. The summed E-state index contributed by atoms with van der Waals surface area (Å²) in [6.45, 7) is 0. The van der Waals surface area contributed by atoms with E-state index in [-0.39, 0.29) is 35.9 Å². The minimum atomic E-state index is -2.58. The Morgan fingerprint density at radius 1 is 1.21 bits per heavy atom. The minimum absolute atomic E-state index is 0.00859. The van der Waals surface area contributed by atoms with E-state index in [2.05, 4.69) is 19.9 Å². The van der Waals surface area contributed by atoms with Crippen molar-refractivity contribution >= 4 is 17.1 Å². The van der Waals surface area contributed by atoms with Crippen molar-refractivity contribution < 1.29 is 8.78 Å². The number of hydrogen-bond donors (Lipinski definition) is 3. The Morgan fingerprint density at radius 3 is 2.58 bits per heavy atom. The predicted octanol–water partition coefficient (Wildman–Crippen LogP) is 1.52. The second kappa shape index (κ2) is 4.01. The van der Waals surface area contributed by atoms with Gasteiger partial charge in [-0.2, -0.15) is 4.98 Å². The van der Waals surface area contributed by atoms with Crippen LogP contribution >= 0.6 is 0 Å². The van der Waals surface area contributed by atoms with Crippen molar-refractivity contribution in [1.82, 2.24) is 19.9 Å². The van der Waals surface area contributed by atoms with E-state index >= 15 is 0 Å². The molecule has 0 saturated heterocycles. The number of nitrogens with two attached hydrogens (primary N) is 1. The second-order valence-corrected chi connectivity index (χ2v) is 4.90. The summed E-state index contributed by atoms with van der Waals surface area (Å²) >= 11 is 0. The number of halogens is 2. The zero-order valence-electron chi connectivity index (χ0n) is 10.0. The van der Waals surface area contributed by atoms with Crippen molar-refractivity contribution in [1.29, 1.82) is 0 Å². The van der Waals surface area contributed by atoms with Gasteiger partial charge in [0.05, 0.1) is 0 Å². The molecule has 0 aromatic carbocycles. The van der Waals surface area contributed by atoms with E-state index in [1.54, 1.807) is 0 Å². The number of anilines is 1. The number of fused-ring (bicyclic) bond motifs is 1. The largest absolute Gasteiger partial charge is 0.369 e. The summed E-state index contributed by atoms with van der Waals surface area (Å²) in [5.74, 6) is -2.14. The van der Waals surface area contributed by atoms with Gasteiger partial charge in [0.25, 0.3) is 5.56 Å². The van der Waals surface area contributed by atoms with Crippen LogP contribution < -0.4 is 11.3 Å². The van der Waals surface area contributed by atoms with Gasteiger partial charge in [0, 0.05) is 18.8 Å². The van der Waals surface area contributed by atoms with Crippen molar-refractivity contribution in [3.8, 4) is 0 Å². The average Bonchev–Trinajstić information content (AvgIpc) is 2.72. The minimum Gasteiger partial charge on any atom is -0.369 e. The third-order valence-corrected chi connectivity index (χ3v) is 3.50. The van der Waals surface area contributed by atoms with Gasteiger partial charge in [0.2, 0.25) is 11.9 Å². The second-order valence-electron chi connectivity index (χ2n) is 4.90. The first-order chi connectivity index (χ1) is 8.94. The van der Waals surface area contributed by atoms with Gasteiger partial charge in [-0.05, 0) is 12.8 Å². The van der Waals surface area contributed by atoms with Crippen molar-refractivity contribution in [3.63, 3.8) is 0 Å². The smallest absolute Gasteiger partial charge is 0.278 e. The monoisotopic (exact) mass is 269 g/mol. The standard InChI is InChI=1S/C11H13F2N5O/c12-11(13)3-1-5(2-4-11)7-15-6-8(16-7)17-10(14)18-9(6)19/h5H,1-4H2,(H4,14,15,16,17,18,19). The van der Waals surface area contributed by atoms with Crippen LogP contribution in [0.2, 0.25) is 0 Å². The van der Waals surface area contributed by atoms with Gasteiger partial charge in [0.15, 0.2) is 11.2 Å². The molecule has 0 bridgehead atoms. The lowest BCUT2D eigenvalue weighted by molar-refractivity contribution is -0.0387. The Balaban J connectivity index is 1.94. The molecule has 0 spiro atoms. The third-order valence-electron chi connectivity index (χ3n) is 3.50.